The summed E-state index contributed by atoms with van der Waals surface area (Å²) in [6.07, 6.45) is 0. The van der Waals surface area contributed by atoms with Crippen molar-refractivity contribution in [3.05, 3.63) is 58.5 Å². The zero-order valence-electron chi connectivity index (χ0n) is 13.1. The van der Waals surface area contributed by atoms with Gasteiger partial charge in [0.1, 0.15) is 0 Å². The first-order chi connectivity index (χ1) is 13.4. The van der Waals surface area contributed by atoms with Crippen LogP contribution in [0.4, 0.5) is 8.78 Å². The van der Waals surface area contributed by atoms with Gasteiger partial charge in [0, 0.05) is 0 Å². The van der Waals surface area contributed by atoms with Gasteiger partial charge in [0.05, 0.1) is 0 Å². The summed E-state index contributed by atoms with van der Waals surface area (Å²) in [6, 6.07) is 0. The van der Waals surface area contributed by atoms with Crippen LogP contribution in [0, 0.1) is 11.6 Å². The molecular formula is C14Br8F2HgO4. The van der Waals surface area contributed by atoms with Crippen LogP contribution < -0.4 is 0 Å². The van der Waals surface area contributed by atoms with Crippen LogP contribution in [0.2, 0.25) is 0 Å². The molecule has 0 unspecified atom stereocenters. The number of rotatable bonds is 4. The number of halogens is 10. The molecule has 4 nitrogen and oxygen atoms in total. The van der Waals surface area contributed by atoms with Crippen LogP contribution in [0.15, 0.2) is 35.8 Å². The first kappa shape index (κ1) is 27.3. The van der Waals surface area contributed by atoms with Gasteiger partial charge in [-0.15, -0.1) is 0 Å². The molecule has 0 aromatic heterocycles. The summed E-state index contributed by atoms with van der Waals surface area (Å²) < 4.78 is 39.1. The van der Waals surface area contributed by atoms with E-state index in [0.29, 0.717) is 0 Å². The van der Waals surface area contributed by atoms with E-state index >= 15 is 0 Å². The molecule has 29 heavy (non-hydrogen) atoms. The van der Waals surface area contributed by atoms with Gasteiger partial charge in [-0.3, -0.25) is 0 Å². The van der Waals surface area contributed by atoms with Gasteiger partial charge < -0.3 is 0 Å². The van der Waals surface area contributed by atoms with Gasteiger partial charge in [-0.05, 0) is 0 Å². The van der Waals surface area contributed by atoms with Gasteiger partial charge in [-0.25, -0.2) is 0 Å². The van der Waals surface area contributed by atoms with E-state index in [4.69, 9.17) is 5.29 Å². The predicted octanol–water partition coefficient (Wildman–Crippen LogP) is 8.99. The van der Waals surface area contributed by atoms with Crippen LogP contribution in [-0.2, 0) is 30.8 Å². The van der Waals surface area contributed by atoms with E-state index in [1.807, 2.05) is 0 Å². The van der Waals surface area contributed by atoms with Crippen LogP contribution >= 0.6 is 127 Å². The molecule has 0 saturated heterocycles. The molecule has 2 aromatic rings. The minimum absolute atomic E-state index is 0.0239. The molecule has 0 aliphatic rings. The Morgan fingerprint density at radius 3 is 1.03 bits per heavy atom. The Morgan fingerprint density at radius 1 is 0.552 bits per heavy atom. The van der Waals surface area contributed by atoms with E-state index in [2.05, 4.69) is 127 Å². The van der Waals surface area contributed by atoms with Gasteiger partial charge in [-0.1, -0.05) is 0 Å². The van der Waals surface area contributed by atoms with Crippen molar-refractivity contribution in [3.63, 3.8) is 0 Å². The average molecular weight is 1110 g/mol. The van der Waals surface area contributed by atoms with Crippen LogP contribution in [0.5, 0.6) is 0 Å². The Bertz CT molecular complexity index is 910. The minimum atomic E-state index is -2.97. The molecule has 0 heterocycles. The molecule has 0 spiro atoms. The molecule has 0 fully saturated rings. The van der Waals surface area contributed by atoms with Crippen molar-refractivity contribution < 1.29 is 49.1 Å². The number of hydrogen-bond acceptors (Lipinski definition) is 4. The topological polar surface area (TPSA) is 52.6 Å². The summed E-state index contributed by atoms with van der Waals surface area (Å²) in [7, 11) is 0. The standard InChI is InChI=1S/2C7HBr4FO2.Hg/c2*8-2-1(7(13)14)3(9)5(11)6(12)4(2)10;/h2*(H,13,14);/q;;+2/p-2. The van der Waals surface area contributed by atoms with Crippen molar-refractivity contribution in [2.24, 2.45) is 0 Å². The van der Waals surface area contributed by atoms with Crippen LogP contribution in [-0.4, -0.2) is 11.9 Å². The van der Waals surface area contributed by atoms with Gasteiger partial charge in [-0.2, -0.15) is 0 Å². The summed E-state index contributed by atoms with van der Waals surface area (Å²) in [5.41, 5.74) is 0.0478. The van der Waals surface area contributed by atoms with E-state index in [1.54, 1.807) is 0 Å². The van der Waals surface area contributed by atoms with Gasteiger partial charge in [0.25, 0.3) is 0 Å². The van der Waals surface area contributed by atoms with E-state index in [9.17, 15) is 18.4 Å². The summed E-state index contributed by atoms with van der Waals surface area (Å²) in [4.78, 5) is 24.9. The fraction of sp³-hybridized carbons (Fsp3) is 0. The Hall–Kier alpha value is 2.02. The second-order valence-corrected chi connectivity index (χ2v) is 14.4. The van der Waals surface area contributed by atoms with Gasteiger partial charge >= 0.3 is 247 Å². The third-order valence-electron chi connectivity index (χ3n) is 3.21. The fourth-order valence-corrected chi connectivity index (χ4v) is 8.82. The van der Waals surface area contributed by atoms with E-state index < -0.39 is 49.1 Å². The normalized spacial score (nSPS) is 10.6. The molecule has 2 rings (SSSR count). The van der Waals surface area contributed by atoms with Crippen molar-refractivity contribution in [2.45, 2.75) is 0 Å². The summed E-state index contributed by atoms with van der Waals surface area (Å²) in [6.45, 7) is 0. The zero-order valence-corrected chi connectivity index (χ0v) is 31.3. The SMILES string of the molecule is O=C([O][Hg][O]C(=O)c1c(Br)c(Br)c(F)c(Br)c1Br)c1c(Br)c(Br)c(F)c(Br)c1Br. The van der Waals surface area contributed by atoms with Crippen molar-refractivity contribution in [2.75, 3.05) is 0 Å². The summed E-state index contributed by atoms with van der Waals surface area (Å²) >= 11 is 21.7. The number of benzene rings is 2. The Balaban J connectivity index is 2.20. The first-order valence-corrected chi connectivity index (χ1v) is 17.6. The van der Waals surface area contributed by atoms with Crippen LogP contribution in [0.25, 0.3) is 0 Å². The van der Waals surface area contributed by atoms with Gasteiger partial charge in [0.15, 0.2) is 0 Å². The monoisotopic (exact) mass is 1100 g/mol. The first-order valence-electron chi connectivity index (χ1n) is 6.78. The molecular weight excluding hydrogens is 1110 g/mol. The van der Waals surface area contributed by atoms with Gasteiger partial charge in [0.2, 0.25) is 0 Å². The van der Waals surface area contributed by atoms with Crippen molar-refractivity contribution in [3.8, 4) is 0 Å². The quantitative estimate of drug-likeness (QED) is 0.175. The molecule has 0 aliphatic carbocycles. The third kappa shape index (κ3) is 5.75. The predicted molar refractivity (Wildman–Crippen MR) is 125 cm³/mol. The summed E-state index contributed by atoms with van der Waals surface area (Å²) in [5, 5.41) is 0. The summed E-state index contributed by atoms with van der Waals surface area (Å²) in [5.74, 6) is -2.81. The molecule has 15 heteroatoms. The Labute approximate surface area is 243 Å². The van der Waals surface area contributed by atoms with Crippen molar-refractivity contribution in [1.29, 1.82) is 0 Å². The number of carbonyl (C=O) groups is 2. The fourth-order valence-electron chi connectivity index (χ4n) is 1.85. The maximum atomic E-state index is 14.0. The van der Waals surface area contributed by atoms with Crippen molar-refractivity contribution in [1.82, 2.24) is 0 Å². The van der Waals surface area contributed by atoms with Crippen LogP contribution in [0.1, 0.15) is 20.7 Å². The van der Waals surface area contributed by atoms with Crippen molar-refractivity contribution >= 4 is 139 Å². The molecule has 152 valence electrons. The molecule has 2 aromatic carbocycles. The van der Waals surface area contributed by atoms with Crippen LogP contribution in [0.3, 0.4) is 0 Å². The molecule has 0 saturated carbocycles. The van der Waals surface area contributed by atoms with E-state index in [-0.39, 0.29) is 46.9 Å². The number of carbonyl (C=O) groups excluding carboxylic acids is 2. The third-order valence-corrected chi connectivity index (χ3v) is 14.4. The molecule has 0 amide bonds. The molecule has 0 N–H and O–H groups in total. The second-order valence-electron chi connectivity index (χ2n) is 4.87. The molecule has 0 aliphatic heterocycles. The molecule has 0 radical (unpaired) electrons. The van der Waals surface area contributed by atoms with E-state index in [1.165, 1.54) is 0 Å². The molecule has 0 atom stereocenters. The Kier molecular flexibility index (Phi) is 10.7. The Morgan fingerprint density at radius 2 is 0.793 bits per heavy atom. The zero-order chi connectivity index (χ0) is 22.2. The molecule has 0 bridgehead atoms. The number of hydrogen-bond donors (Lipinski definition) is 0. The second kappa shape index (κ2) is 11.4. The van der Waals surface area contributed by atoms with E-state index in [0.717, 1.165) is 0 Å². The maximum absolute atomic E-state index is 14.0. The average Bonchev–Trinajstić information content (AvgIpc) is 2.68.